The molecule has 21 heavy (non-hydrogen) atoms. The number of hydrogen-bond acceptors (Lipinski definition) is 3. The van der Waals surface area contributed by atoms with E-state index in [1.165, 1.54) is 18.2 Å². The van der Waals surface area contributed by atoms with Gasteiger partial charge in [-0.1, -0.05) is 44.0 Å². The maximum absolute atomic E-state index is 12.3. The predicted molar refractivity (Wildman–Crippen MR) is 82.3 cm³/mol. The van der Waals surface area contributed by atoms with Crippen LogP contribution in [0.4, 0.5) is 0 Å². The van der Waals surface area contributed by atoms with E-state index in [-0.39, 0.29) is 21.4 Å². The summed E-state index contributed by atoms with van der Waals surface area (Å²) in [5.41, 5.74) is -0.554. The number of halogens is 2. The third kappa shape index (κ3) is 5.14. The van der Waals surface area contributed by atoms with Gasteiger partial charge in [0.05, 0.1) is 21.4 Å². The molecule has 0 bridgehead atoms. The molecule has 118 valence electrons. The molecular formula is C13H17Cl2NO4S. The zero-order chi connectivity index (χ0) is 16.4. The molecule has 1 rings (SSSR count). The van der Waals surface area contributed by atoms with Crippen molar-refractivity contribution >= 4 is 39.2 Å². The maximum atomic E-state index is 12.3. The van der Waals surface area contributed by atoms with Crippen LogP contribution in [0.2, 0.25) is 10.0 Å². The average Bonchev–Trinajstić information content (AvgIpc) is 2.29. The van der Waals surface area contributed by atoms with Crippen LogP contribution in [0.3, 0.4) is 0 Å². The number of nitrogens with one attached hydrogen (secondary N) is 1. The number of carboxylic acid groups (broad SMARTS) is 1. The van der Waals surface area contributed by atoms with Gasteiger partial charge in [-0.15, -0.1) is 0 Å². The summed E-state index contributed by atoms with van der Waals surface area (Å²) in [4.78, 5) is 10.8. The number of carboxylic acids is 1. The first-order valence-electron chi connectivity index (χ1n) is 6.12. The molecule has 0 spiro atoms. The van der Waals surface area contributed by atoms with Gasteiger partial charge in [0.2, 0.25) is 10.0 Å². The molecule has 1 atom stereocenters. The van der Waals surface area contributed by atoms with Crippen LogP contribution in [0.1, 0.15) is 27.2 Å². The number of benzene rings is 1. The summed E-state index contributed by atoms with van der Waals surface area (Å²) in [5.74, 6) is -1.08. The van der Waals surface area contributed by atoms with Crippen molar-refractivity contribution in [2.75, 3.05) is 0 Å². The van der Waals surface area contributed by atoms with E-state index in [9.17, 15) is 13.2 Å². The fourth-order valence-electron chi connectivity index (χ4n) is 1.60. The molecule has 0 fully saturated rings. The Morgan fingerprint density at radius 3 is 2.29 bits per heavy atom. The standard InChI is InChI=1S/C13H17Cl2NO4S/c1-13(2,3)11(7-12(17)18)16-21(19,20)8-4-5-9(14)10(15)6-8/h4-6,11,16H,7H2,1-3H3,(H,17,18). The van der Waals surface area contributed by atoms with Crippen molar-refractivity contribution in [3.05, 3.63) is 28.2 Å². The van der Waals surface area contributed by atoms with E-state index in [1.54, 1.807) is 20.8 Å². The molecule has 0 aliphatic carbocycles. The lowest BCUT2D eigenvalue weighted by Gasteiger charge is -2.30. The molecule has 0 aliphatic rings. The molecule has 0 amide bonds. The van der Waals surface area contributed by atoms with Crippen LogP contribution in [-0.2, 0) is 14.8 Å². The van der Waals surface area contributed by atoms with Gasteiger partial charge in [-0.3, -0.25) is 4.79 Å². The Morgan fingerprint density at radius 1 is 1.29 bits per heavy atom. The predicted octanol–water partition coefficient (Wildman–Crippen LogP) is 3.16. The zero-order valence-electron chi connectivity index (χ0n) is 11.9. The average molecular weight is 354 g/mol. The Labute approximate surface area is 134 Å². The van der Waals surface area contributed by atoms with E-state index in [2.05, 4.69) is 4.72 Å². The minimum atomic E-state index is -3.88. The van der Waals surface area contributed by atoms with Gasteiger partial charge in [-0.05, 0) is 23.6 Å². The highest BCUT2D eigenvalue weighted by Gasteiger charge is 2.31. The second kappa shape index (κ2) is 6.52. The van der Waals surface area contributed by atoms with E-state index in [4.69, 9.17) is 28.3 Å². The molecule has 0 saturated carbocycles. The Bertz CT molecular complexity index is 638. The second-order valence-corrected chi connectivity index (χ2v) is 8.24. The molecule has 0 aliphatic heterocycles. The molecule has 8 heteroatoms. The lowest BCUT2D eigenvalue weighted by Crippen LogP contribution is -2.44. The van der Waals surface area contributed by atoms with E-state index in [1.807, 2.05) is 0 Å². The van der Waals surface area contributed by atoms with Crippen LogP contribution in [0.5, 0.6) is 0 Å². The maximum Gasteiger partial charge on any atom is 0.304 e. The highest BCUT2D eigenvalue weighted by molar-refractivity contribution is 7.89. The number of carbonyl (C=O) groups is 1. The van der Waals surface area contributed by atoms with Gasteiger partial charge in [0.1, 0.15) is 0 Å². The topological polar surface area (TPSA) is 83.5 Å². The molecule has 0 heterocycles. The molecule has 1 aromatic carbocycles. The lowest BCUT2D eigenvalue weighted by atomic mass is 9.85. The highest BCUT2D eigenvalue weighted by atomic mass is 35.5. The van der Waals surface area contributed by atoms with Crippen molar-refractivity contribution in [1.29, 1.82) is 0 Å². The van der Waals surface area contributed by atoms with E-state index in [0.717, 1.165) is 0 Å². The number of hydrogen-bond donors (Lipinski definition) is 2. The molecule has 0 saturated heterocycles. The van der Waals surface area contributed by atoms with Gasteiger partial charge in [0.25, 0.3) is 0 Å². The molecule has 5 nitrogen and oxygen atoms in total. The monoisotopic (exact) mass is 353 g/mol. The highest BCUT2D eigenvalue weighted by Crippen LogP contribution is 2.27. The Hall–Kier alpha value is -0.820. The summed E-state index contributed by atoms with van der Waals surface area (Å²) >= 11 is 11.6. The molecule has 1 aromatic rings. The summed E-state index contributed by atoms with van der Waals surface area (Å²) in [6, 6.07) is 3.17. The van der Waals surface area contributed by atoms with Crippen LogP contribution < -0.4 is 4.72 Å². The van der Waals surface area contributed by atoms with Gasteiger partial charge in [-0.25, -0.2) is 13.1 Å². The smallest absolute Gasteiger partial charge is 0.304 e. The van der Waals surface area contributed by atoms with Crippen LogP contribution in [0.15, 0.2) is 23.1 Å². The Balaban J connectivity index is 3.11. The van der Waals surface area contributed by atoms with Crippen LogP contribution in [0.25, 0.3) is 0 Å². The van der Waals surface area contributed by atoms with Crippen LogP contribution in [0, 0.1) is 5.41 Å². The van der Waals surface area contributed by atoms with Crippen molar-refractivity contribution in [3.63, 3.8) is 0 Å². The quantitative estimate of drug-likeness (QED) is 0.851. The molecule has 0 radical (unpaired) electrons. The minimum absolute atomic E-state index is 0.0588. The van der Waals surface area contributed by atoms with Crippen molar-refractivity contribution in [2.45, 2.75) is 38.1 Å². The van der Waals surface area contributed by atoms with Gasteiger partial charge in [-0.2, -0.15) is 0 Å². The summed E-state index contributed by atoms with van der Waals surface area (Å²) < 4.78 is 27.1. The second-order valence-electron chi connectivity index (χ2n) is 5.71. The van der Waals surface area contributed by atoms with Crippen LogP contribution in [-0.4, -0.2) is 25.5 Å². The summed E-state index contributed by atoms with van der Waals surface area (Å²) in [6.45, 7) is 5.29. The van der Waals surface area contributed by atoms with Gasteiger partial charge < -0.3 is 5.11 Å². The summed E-state index contributed by atoms with van der Waals surface area (Å²) in [5, 5.41) is 9.28. The SMILES string of the molecule is CC(C)(C)C(CC(=O)O)NS(=O)(=O)c1ccc(Cl)c(Cl)c1. The molecule has 0 aromatic heterocycles. The number of aliphatic carboxylic acids is 1. The van der Waals surface area contributed by atoms with Crippen molar-refractivity contribution < 1.29 is 18.3 Å². The minimum Gasteiger partial charge on any atom is -0.481 e. The van der Waals surface area contributed by atoms with Crippen molar-refractivity contribution in [2.24, 2.45) is 5.41 Å². The van der Waals surface area contributed by atoms with E-state index >= 15 is 0 Å². The van der Waals surface area contributed by atoms with E-state index in [0.29, 0.717) is 0 Å². The fourth-order valence-corrected chi connectivity index (χ4v) is 3.43. The van der Waals surface area contributed by atoms with Gasteiger partial charge >= 0.3 is 5.97 Å². The normalized spacial score (nSPS) is 14.0. The van der Waals surface area contributed by atoms with E-state index < -0.39 is 27.4 Å². The summed E-state index contributed by atoms with van der Waals surface area (Å²) in [7, 11) is -3.88. The first kappa shape index (κ1) is 18.2. The molecule has 1 unspecified atom stereocenters. The van der Waals surface area contributed by atoms with Crippen molar-refractivity contribution in [3.8, 4) is 0 Å². The summed E-state index contributed by atoms with van der Waals surface area (Å²) in [6.07, 6.45) is -0.315. The Morgan fingerprint density at radius 2 is 1.86 bits per heavy atom. The zero-order valence-corrected chi connectivity index (χ0v) is 14.2. The number of rotatable bonds is 5. The third-order valence-electron chi connectivity index (χ3n) is 2.92. The lowest BCUT2D eigenvalue weighted by molar-refractivity contribution is -0.138. The molecule has 2 N–H and O–H groups in total. The van der Waals surface area contributed by atoms with Crippen molar-refractivity contribution in [1.82, 2.24) is 4.72 Å². The van der Waals surface area contributed by atoms with Gasteiger partial charge in [0.15, 0.2) is 0 Å². The first-order valence-corrected chi connectivity index (χ1v) is 8.36. The number of sulfonamides is 1. The van der Waals surface area contributed by atoms with Gasteiger partial charge in [0, 0.05) is 6.04 Å². The largest absolute Gasteiger partial charge is 0.481 e. The first-order chi connectivity index (χ1) is 9.43. The molecular weight excluding hydrogens is 337 g/mol. The fraction of sp³-hybridized carbons (Fsp3) is 0.462. The van der Waals surface area contributed by atoms with Crippen LogP contribution >= 0.6 is 23.2 Å². The Kier molecular flexibility index (Phi) is 5.66. The third-order valence-corrected chi connectivity index (χ3v) is 5.13.